The number of rotatable bonds is 20. The summed E-state index contributed by atoms with van der Waals surface area (Å²) in [4.78, 5) is 0. The Morgan fingerprint density at radius 1 is 0.541 bits per heavy atom. The minimum absolute atomic E-state index is 0.224. The second kappa shape index (κ2) is 24.4. The van der Waals surface area contributed by atoms with E-state index < -0.39 is 181 Å². The molecular formula is C34H63NO26. The first-order valence-corrected chi connectivity index (χ1v) is 19.7. The normalized spacial score (nSPS) is 44.1. The molecule has 0 radical (unpaired) electrons. The Labute approximate surface area is 348 Å². The van der Waals surface area contributed by atoms with Gasteiger partial charge in [-0.05, 0) is 26.3 Å². The zero-order valence-electron chi connectivity index (χ0n) is 33.0. The maximum Gasteiger partial charge on any atom is 0.209 e. The fraction of sp³-hybridized carbons (Fsp3) is 1.00. The van der Waals surface area contributed by atoms with Gasteiger partial charge in [-0.15, -0.1) is 0 Å². The van der Waals surface area contributed by atoms with Crippen molar-refractivity contribution in [2.75, 3.05) is 46.2 Å². The quantitative estimate of drug-likeness (QED) is 0.0306. The van der Waals surface area contributed by atoms with Gasteiger partial charge >= 0.3 is 0 Å². The minimum atomic E-state index is -2.29. The molecule has 23 atom stereocenters. The van der Waals surface area contributed by atoms with Crippen molar-refractivity contribution in [1.82, 2.24) is 0 Å². The summed E-state index contributed by atoms with van der Waals surface area (Å²) in [5, 5.41) is 158. The predicted molar refractivity (Wildman–Crippen MR) is 190 cm³/mol. The molecule has 0 aromatic carbocycles. The summed E-state index contributed by atoms with van der Waals surface area (Å²) in [6, 6.07) is 0. The molecule has 0 spiro atoms. The summed E-state index contributed by atoms with van der Waals surface area (Å²) in [5.41, 5.74) is 5.39. The molecule has 5 aliphatic heterocycles. The van der Waals surface area contributed by atoms with E-state index in [1.165, 1.54) is 6.92 Å². The molecule has 27 nitrogen and oxygen atoms in total. The first kappa shape index (κ1) is 52.5. The van der Waals surface area contributed by atoms with Crippen LogP contribution in [0.25, 0.3) is 0 Å². The van der Waals surface area contributed by atoms with E-state index in [1.54, 1.807) is 0 Å². The van der Waals surface area contributed by atoms with Crippen molar-refractivity contribution in [3.63, 3.8) is 0 Å². The van der Waals surface area contributed by atoms with Crippen LogP contribution in [-0.4, -0.2) is 276 Å². The van der Waals surface area contributed by atoms with Crippen molar-refractivity contribution in [2.24, 2.45) is 5.73 Å². The first-order chi connectivity index (χ1) is 29.0. The molecular weight excluding hydrogens is 838 g/mol. The number of nitrogens with two attached hydrogens (primary N) is 1. The highest BCUT2D eigenvalue weighted by molar-refractivity contribution is 5.00. The fourth-order valence-corrected chi connectivity index (χ4v) is 6.87. The van der Waals surface area contributed by atoms with Crippen LogP contribution >= 0.6 is 0 Å². The molecule has 0 amide bonds. The molecule has 5 rings (SSSR count). The number of aliphatic hydroxyl groups excluding tert-OH is 15. The van der Waals surface area contributed by atoms with Gasteiger partial charge in [-0.1, -0.05) is 0 Å². The molecule has 0 saturated carbocycles. The third kappa shape index (κ3) is 13.1. The molecule has 0 aromatic heterocycles. The molecule has 0 aliphatic carbocycles. The number of aliphatic hydroxyl groups is 16. The second-order valence-corrected chi connectivity index (χ2v) is 15.0. The van der Waals surface area contributed by atoms with Crippen LogP contribution in [0.1, 0.15) is 19.8 Å². The van der Waals surface area contributed by atoms with Crippen LogP contribution in [0.3, 0.4) is 0 Å². The first-order valence-electron chi connectivity index (χ1n) is 19.7. The van der Waals surface area contributed by atoms with Crippen LogP contribution in [0.15, 0.2) is 0 Å². The van der Waals surface area contributed by atoms with E-state index in [1.807, 2.05) is 0 Å². The fourth-order valence-electron chi connectivity index (χ4n) is 6.87. The number of fused-ring (bicyclic) bond motifs is 1. The monoisotopic (exact) mass is 901 g/mol. The van der Waals surface area contributed by atoms with Gasteiger partial charge in [0.05, 0.1) is 39.1 Å². The molecule has 18 N–H and O–H groups in total. The smallest absolute Gasteiger partial charge is 0.209 e. The Bertz CT molecular complexity index is 1240. The lowest BCUT2D eigenvalue weighted by atomic mass is 9.97. The Balaban J connectivity index is 0.000000272. The van der Waals surface area contributed by atoms with Gasteiger partial charge in [0.25, 0.3) is 0 Å². The molecule has 23 unspecified atom stereocenters. The minimum Gasteiger partial charge on any atom is -0.394 e. The molecule has 5 fully saturated rings. The number of hydrogen-bond donors (Lipinski definition) is 17. The van der Waals surface area contributed by atoms with Gasteiger partial charge in [-0.25, -0.2) is 0 Å². The summed E-state index contributed by atoms with van der Waals surface area (Å²) in [6.07, 6.45) is -32.9. The number of hydrogen-bond acceptors (Lipinski definition) is 27. The third-order valence-electron chi connectivity index (χ3n) is 10.5. The maximum atomic E-state index is 10.6. The van der Waals surface area contributed by atoms with E-state index in [0.29, 0.717) is 19.4 Å². The third-order valence-corrected chi connectivity index (χ3v) is 10.5. The Morgan fingerprint density at radius 3 is 1.57 bits per heavy atom. The Hall–Kier alpha value is -1.08. The van der Waals surface area contributed by atoms with Gasteiger partial charge in [0.1, 0.15) is 104 Å². The molecule has 5 saturated heterocycles. The molecule has 5 heterocycles. The van der Waals surface area contributed by atoms with Crippen molar-refractivity contribution < 1.29 is 129 Å². The summed E-state index contributed by atoms with van der Waals surface area (Å²) < 4.78 is 53.5. The van der Waals surface area contributed by atoms with E-state index in [9.17, 15) is 81.7 Å². The van der Waals surface area contributed by atoms with Crippen LogP contribution in [0.5, 0.6) is 0 Å². The Kier molecular flexibility index (Phi) is 21.1. The standard InChI is InChI=1S/C18H32O15.C16H31NO11/c1-5(22)6(2-19)28-18(15(26)27)32-12-7(3-20)29-16(10(24)9(12)23)31-13-8(4-21)30-17-14(33-17)11(13)25;17-3-1-2-4-25-15-13(24)11(22)14(8(6-19)27-15)28-16-12(23)10(21)9(20)7(5-18)26-16/h5-27H,2-4H2,1H3;7-16,18-24H,1-6,17H2. The number of unbranched alkanes of at least 4 members (excludes halogenated alkanes) is 1. The molecule has 360 valence electrons. The van der Waals surface area contributed by atoms with Crippen molar-refractivity contribution in [3.8, 4) is 0 Å². The molecule has 61 heavy (non-hydrogen) atoms. The lowest BCUT2D eigenvalue weighted by Gasteiger charge is -2.45. The Morgan fingerprint density at radius 2 is 1.03 bits per heavy atom. The highest BCUT2D eigenvalue weighted by Gasteiger charge is 2.59. The lowest BCUT2D eigenvalue weighted by Crippen LogP contribution is -2.64. The summed E-state index contributed by atoms with van der Waals surface area (Å²) in [7, 11) is 0. The van der Waals surface area contributed by atoms with Crippen molar-refractivity contribution >= 4 is 0 Å². The van der Waals surface area contributed by atoms with Crippen molar-refractivity contribution in [2.45, 2.75) is 167 Å². The van der Waals surface area contributed by atoms with Crippen LogP contribution in [0, 0.1) is 0 Å². The van der Waals surface area contributed by atoms with E-state index in [2.05, 4.69) is 0 Å². The lowest BCUT2D eigenvalue weighted by molar-refractivity contribution is -0.365. The van der Waals surface area contributed by atoms with E-state index in [-0.39, 0.29) is 6.61 Å². The second-order valence-electron chi connectivity index (χ2n) is 15.0. The highest BCUT2D eigenvalue weighted by Crippen LogP contribution is 2.38. The van der Waals surface area contributed by atoms with E-state index >= 15 is 0 Å². The van der Waals surface area contributed by atoms with Gasteiger partial charge in [0.2, 0.25) is 12.6 Å². The van der Waals surface area contributed by atoms with Crippen molar-refractivity contribution in [3.05, 3.63) is 0 Å². The van der Waals surface area contributed by atoms with Gasteiger partial charge in [0, 0.05) is 6.61 Å². The molecule has 5 aliphatic rings. The summed E-state index contributed by atoms with van der Waals surface area (Å²) in [6.45, 7) is -1.29. The molecule has 0 bridgehead atoms. The van der Waals surface area contributed by atoms with Crippen LogP contribution in [0.2, 0.25) is 0 Å². The summed E-state index contributed by atoms with van der Waals surface area (Å²) >= 11 is 0. The van der Waals surface area contributed by atoms with Crippen LogP contribution in [0.4, 0.5) is 0 Å². The average Bonchev–Trinajstić information content (AvgIpc) is 4.03. The number of epoxide rings is 1. The van der Waals surface area contributed by atoms with Gasteiger partial charge < -0.3 is 135 Å². The largest absolute Gasteiger partial charge is 0.394 e. The van der Waals surface area contributed by atoms with Crippen molar-refractivity contribution in [1.29, 1.82) is 0 Å². The number of ether oxygens (including phenoxy) is 10. The van der Waals surface area contributed by atoms with Crippen LogP contribution < -0.4 is 5.73 Å². The average molecular weight is 902 g/mol. The zero-order chi connectivity index (χ0) is 45.3. The van der Waals surface area contributed by atoms with E-state index in [0.717, 1.165) is 0 Å². The van der Waals surface area contributed by atoms with Gasteiger partial charge in [-0.3, -0.25) is 0 Å². The maximum absolute atomic E-state index is 10.6. The topological polar surface area (TPSA) is 445 Å². The van der Waals surface area contributed by atoms with Gasteiger partial charge in [0.15, 0.2) is 25.2 Å². The molecule has 27 heteroatoms. The molecule has 0 aromatic rings. The van der Waals surface area contributed by atoms with Gasteiger partial charge in [-0.2, -0.15) is 0 Å². The van der Waals surface area contributed by atoms with E-state index in [4.69, 9.17) is 53.1 Å². The SMILES string of the molecule is CC(O)C(CO)OC(OC1C(CO)OC(OC2C(CO)OC3OC3C2O)C(O)C1O)C(O)O.NCCCCOC1OC(CO)C(OC2OC(CO)C(O)C(O)C2O)C(O)C1O. The highest BCUT2D eigenvalue weighted by atomic mass is 16.8. The van der Waals surface area contributed by atoms with Crippen LogP contribution in [-0.2, 0) is 47.4 Å². The summed E-state index contributed by atoms with van der Waals surface area (Å²) in [5.74, 6) is 0. The zero-order valence-corrected chi connectivity index (χ0v) is 33.0. The predicted octanol–water partition coefficient (Wildman–Crippen LogP) is -10.6.